The van der Waals surface area contributed by atoms with Gasteiger partial charge in [0.1, 0.15) is 19.0 Å². The first-order chi connectivity index (χ1) is 18.8. The van der Waals surface area contributed by atoms with E-state index in [-0.39, 0.29) is 6.61 Å². The van der Waals surface area contributed by atoms with Gasteiger partial charge >= 0.3 is 6.09 Å². The maximum Gasteiger partial charge on any atom is 0.407 e. The molecule has 1 amide bonds. The average molecular weight is 536 g/mol. The Balaban J connectivity index is 1.20. The molecule has 0 saturated heterocycles. The Labute approximate surface area is 225 Å². The second-order valence-corrected chi connectivity index (χ2v) is 7.82. The van der Waals surface area contributed by atoms with E-state index in [1.54, 1.807) is 0 Å². The van der Waals surface area contributed by atoms with E-state index in [1.165, 1.54) is 0 Å². The Morgan fingerprint density at radius 3 is 1.45 bits per heavy atom. The molecular weight excluding hydrogens is 494 g/mol. The van der Waals surface area contributed by atoms with Crippen molar-refractivity contribution in [1.29, 1.82) is 0 Å². The molecule has 2 aromatic carbocycles. The van der Waals surface area contributed by atoms with Crippen LogP contribution in [0.25, 0.3) is 0 Å². The van der Waals surface area contributed by atoms with Gasteiger partial charge in [0, 0.05) is 6.54 Å². The summed E-state index contributed by atoms with van der Waals surface area (Å²) < 4.78 is 43.3. The molecule has 0 aliphatic carbocycles. The molecule has 0 radical (unpaired) electrons. The predicted octanol–water partition coefficient (Wildman–Crippen LogP) is 3.09. The fraction of sp³-hybridized carbons (Fsp3) is 0.536. The third-order valence-electron chi connectivity index (χ3n) is 4.83. The Morgan fingerprint density at radius 1 is 0.526 bits per heavy atom. The van der Waals surface area contributed by atoms with Crippen LogP contribution in [0.5, 0.6) is 5.75 Å². The van der Waals surface area contributed by atoms with Gasteiger partial charge in [0.05, 0.1) is 79.3 Å². The van der Waals surface area contributed by atoms with E-state index < -0.39 is 6.09 Å². The highest BCUT2D eigenvalue weighted by atomic mass is 16.6. The summed E-state index contributed by atoms with van der Waals surface area (Å²) in [7, 11) is 0. The lowest BCUT2D eigenvalue weighted by atomic mass is 10.2. The van der Waals surface area contributed by atoms with E-state index in [0.717, 1.165) is 11.3 Å². The third-order valence-corrected chi connectivity index (χ3v) is 4.83. The fourth-order valence-corrected chi connectivity index (χ4v) is 2.94. The normalized spacial score (nSPS) is 10.8. The zero-order valence-electron chi connectivity index (χ0n) is 22.1. The fourth-order valence-electron chi connectivity index (χ4n) is 2.94. The molecule has 0 spiro atoms. The van der Waals surface area contributed by atoms with Crippen LogP contribution in [0, 0.1) is 0 Å². The van der Waals surface area contributed by atoms with E-state index in [0.29, 0.717) is 92.4 Å². The monoisotopic (exact) mass is 535 g/mol. The lowest BCUT2D eigenvalue weighted by Gasteiger charge is -2.09. The molecular formula is C28H41NO9. The topological polar surface area (TPSA) is 103 Å². The van der Waals surface area contributed by atoms with Crippen LogP contribution in [0.15, 0.2) is 60.7 Å². The van der Waals surface area contributed by atoms with Crippen LogP contribution in [0.1, 0.15) is 5.56 Å². The first-order valence-corrected chi connectivity index (χ1v) is 12.9. The molecule has 2 rings (SSSR count). The molecule has 0 aliphatic rings. The van der Waals surface area contributed by atoms with Gasteiger partial charge in [0.15, 0.2) is 0 Å². The quantitative estimate of drug-likeness (QED) is 0.203. The van der Waals surface area contributed by atoms with Crippen LogP contribution in [-0.2, 0) is 39.8 Å². The summed E-state index contributed by atoms with van der Waals surface area (Å²) in [6.07, 6.45) is -0.464. The number of nitrogens with one attached hydrogen (secondary N) is 1. The van der Waals surface area contributed by atoms with Gasteiger partial charge in [0.25, 0.3) is 0 Å². The summed E-state index contributed by atoms with van der Waals surface area (Å²) in [6, 6.07) is 19.2. The first kappa shape index (κ1) is 31.5. The van der Waals surface area contributed by atoms with Crippen molar-refractivity contribution >= 4 is 6.09 Å². The molecule has 0 saturated carbocycles. The molecule has 10 nitrogen and oxygen atoms in total. The number of carbonyl (C=O) groups excluding carboxylic acids is 1. The molecule has 0 fully saturated rings. The minimum Gasteiger partial charge on any atom is -0.491 e. The summed E-state index contributed by atoms with van der Waals surface area (Å²) >= 11 is 0. The highest BCUT2D eigenvalue weighted by Gasteiger charge is 2.01. The lowest BCUT2D eigenvalue weighted by molar-refractivity contribution is -0.0176. The second-order valence-electron chi connectivity index (χ2n) is 7.82. The van der Waals surface area contributed by atoms with Crippen molar-refractivity contribution in [2.24, 2.45) is 0 Å². The van der Waals surface area contributed by atoms with Crippen molar-refractivity contribution in [2.45, 2.75) is 6.61 Å². The summed E-state index contributed by atoms with van der Waals surface area (Å²) in [5.41, 5.74) is 0.942. The van der Waals surface area contributed by atoms with E-state index >= 15 is 0 Å². The summed E-state index contributed by atoms with van der Waals surface area (Å²) in [6.45, 7) is 6.96. The van der Waals surface area contributed by atoms with Gasteiger partial charge in [-0.2, -0.15) is 0 Å². The van der Waals surface area contributed by atoms with Crippen molar-refractivity contribution < 1.29 is 42.7 Å². The smallest absolute Gasteiger partial charge is 0.407 e. The lowest BCUT2D eigenvalue weighted by Crippen LogP contribution is -2.28. The Morgan fingerprint density at radius 2 is 0.947 bits per heavy atom. The largest absolute Gasteiger partial charge is 0.491 e. The van der Waals surface area contributed by atoms with Gasteiger partial charge in [-0.25, -0.2) is 4.79 Å². The van der Waals surface area contributed by atoms with Crippen LogP contribution in [0.2, 0.25) is 0 Å². The highest BCUT2D eigenvalue weighted by Crippen LogP contribution is 2.07. The molecule has 0 heterocycles. The van der Waals surface area contributed by atoms with Crippen LogP contribution in [0.4, 0.5) is 4.79 Å². The maximum atomic E-state index is 11.6. The molecule has 212 valence electrons. The molecule has 0 aliphatic heterocycles. The zero-order valence-corrected chi connectivity index (χ0v) is 22.1. The van der Waals surface area contributed by atoms with Gasteiger partial charge in [-0.3, -0.25) is 0 Å². The maximum absolute atomic E-state index is 11.6. The summed E-state index contributed by atoms with van der Waals surface area (Å²) in [4.78, 5) is 11.6. The number of carbonyl (C=O) groups is 1. The van der Waals surface area contributed by atoms with Gasteiger partial charge in [0.2, 0.25) is 0 Å². The van der Waals surface area contributed by atoms with Gasteiger partial charge in [-0.15, -0.1) is 0 Å². The summed E-state index contributed by atoms with van der Waals surface area (Å²) in [5.74, 6) is 0.840. The van der Waals surface area contributed by atoms with Crippen molar-refractivity contribution in [3.05, 3.63) is 66.2 Å². The predicted molar refractivity (Wildman–Crippen MR) is 141 cm³/mol. The number of amides is 1. The SMILES string of the molecule is O=C(NCCOCCOCCOCCOCCOCCOCCOc1ccccc1)OCc1ccccc1. The number of hydrogen-bond donors (Lipinski definition) is 1. The second kappa shape index (κ2) is 23.4. The number of alkyl carbamates (subject to hydrolysis) is 1. The Hall–Kier alpha value is -2.73. The van der Waals surface area contributed by atoms with Crippen LogP contribution < -0.4 is 10.1 Å². The number of benzene rings is 2. The van der Waals surface area contributed by atoms with E-state index in [2.05, 4.69) is 5.32 Å². The van der Waals surface area contributed by atoms with Gasteiger partial charge < -0.3 is 43.2 Å². The molecule has 10 heteroatoms. The first-order valence-electron chi connectivity index (χ1n) is 12.9. The van der Waals surface area contributed by atoms with Gasteiger partial charge in [-0.1, -0.05) is 48.5 Å². The Kier molecular flexibility index (Phi) is 19.4. The van der Waals surface area contributed by atoms with E-state index in [9.17, 15) is 4.79 Å². The Bertz CT molecular complexity index is 795. The number of ether oxygens (including phenoxy) is 8. The molecule has 0 bridgehead atoms. The van der Waals surface area contributed by atoms with Crippen LogP contribution in [-0.4, -0.2) is 98.5 Å². The van der Waals surface area contributed by atoms with Crippen LogP contribution in [0.3, 0.4) is 0 Å². The van der Waals surface area contributed by atoms with Crippen molar-refractivity contribution in [1.82, 2.24) is 5.32 Å². The molecule has 1 N–H and O–H groups in total. The standard InChI is InChI=1S/C28H41NO9/c30-28(38-25-26-7-3-1-4-8-26)29-11-12-31-13-14-32-15-16-33-17-18-34-19-20-35-21-22-36-23-24-37-27-9-5-2-6-10-27/h1-10H,11-25H2,(H,29,30). The molecule has 2 aromatic rings. The van der Waals surface area contributed by atoms with Crippen molar-refractivity contribution in [3.8, 4) is 5.75 Å². The number of hydrogen-bond acceptors (Lipinski definition) is 9. The zero-order chi connectivity index (χ0) is 26.8. The van der Waals surface area contributed by atoms with Crippen molar-refractivity contribution in [3.63, 3.8) is 0 Å². The molecule has 0 atom stereocenters. The van der Waals surface area contributed by atoms with Crippen molar-refractivity contribution in [2.75, 3.05) is 92.4 Å². The van der Waals surface area contributed by atoms with Gasteiger partial charge in [-0.05, 0) is 17.7 Å². The third kappa shape index (κ3) is 18.5. The minimum absolute atomic E-state index is 0.243. The molecule has 38 heavy (non-hydrogen) atoms. The van der Waals surface area contributed by atoms with Crippen LogP contribution >= 0.6 is 0 Å². The number of rotatable bonds is 24. The molecule has 0 aromatic heterocycles. The summed E-state index contributed by atoms with van der Waals surface area (Å²) in [5, 5.41) is 2.64. The van der Waals surface area contributed by atoms with E-state index in [1.807, 2.05) is 60.7 Å². The highest BCUT2D eigenvalue weighted by molar-refractivity contribution is 5.67. The molecule has 0 unspecified atom stereocenters. The van der Waals surface area contributed by atoms with E-state index in [4.69, 9.17) is 37.9 Å². The number of para-hydroxylation sites is 1. The average Bonchev–Trinajstić information content (AvgIpc) is 2.95. The minimum atomic E-state index is -0.464.